The number of aliphatic hydroxyl groups excluding tert-OH is 1. The lowest BCUT2D eigenvalue weighted by atomic mass is 10.1. The van der Waals surface area contributed by atoms with Gasteiger partial charge in [0.05, 0.1) is 6.10 Å². The van der Waals surface area contributed by atoms with Gasteiger partial charge in [0, 0.05) is 38.6 Å². The van der Waals surface area contributed by atoms with Crippen molar-refractivity contribution in [2.75, 3.05) is 32.7 Å². The molecule has 1 saturated carbocycles. The Bertz CT molecular complexity index is 558. The van der Waals surface area contributed by atoms with Gasteiger partial charge >= 0.3 is 0 Å². The van der Waals surface area contributed by atoms with Crippen LogP contribution in [0.25, 0.3) is 0 Å². The first-order chi connectivity index (χ1) is 11.1. The number of rotatable bonds is 5. The van der Waals surface area contributed by atoms with E-state index in [0.29, 0.717) is 25.2 Å². The molecular formula is C18H25FN2O2. The lowest BCUT2D eigenvalue weighted by Crippen LogP contribution is -2.50. The minimum absolute atomic E-state index is 0.0450. The Balaban J connectivity index is 1.50. The third-order valence-corrected chi connectivity index (χ3v) is 5.04. The molecule has 5 heteroatoms. The second kappa shape index (κ2) is 6.97. The summed E-state index contributed by atoms with van der Waals surface area (Å²) in [6.45, 7) is 5.67. The Labute approximate surface area is 136 Å². The van der Waals surface area contributed by atoms with Crippen LogP contribution in [-0.2, 0) is 4.79 Å². The monoisotopic (exact) mass is 320 g/mol. The lowest BCUT2D eigenvalue weighted by molar-refractivity contribution is -0.134. The highest BCUT2D eigenvalue weighted by molar-refractivity contribution is 5.83. The summed E-state index contributed by atoms with van der Waals surface area (Å²) in [6.07, 6.45) is 1.23. The molecule has 1 heterocycles. The number of aliphatic hydroxyl groups is 1. The van der Waals surface area contributed by atoms with Gasteiger partial charge in [-0.1, -0.05) is 25.1 Å². The summed E-state index contributed by atoms with van der Waals surface area (Å²) < 4.78 is 13.8. The Morgan fingerprint density at radius 2 is 2.00 bits per heavy atom. The molecule has 2 fully saturated rings. The molecule has 1 aromatic rings. The van der Waals surface area contributed by atoms with Crippen molar-refractivity contribution in [2.24, 2.45) is 5.92 Å². The van der Waals surface area contributed by atoms with Gasteiger partial charge in [0.25, 0.3) is 0 Å². The molecule has 0 aromatic heterocycles. The van der Waals surface area contributed by atoms with Gasteiger partial charge in [-0.15, -0.1) is 0 Å². The van der Waals surface area contributed by atoms with E-state index in [4.69, 9.17) is 0 Å². The van der Waals surface area contributed by atoms with E-state index in [0.717, 1.165) is 25.9 Å². The SMILES string of the molecule is CC[C@H](O)CN1CCN(C(=O)[C@@H]2C[C@@H]2c2ccccc2F)CC1. The smallest absolute Gasteiger partial charge is 0.226 e. The van der Waals surface area contributed by atoms with Crippen LogP contribution in [0.5, 0.6) is 0 Å². The van der Waals surface area contributed by atoms with E-state index in [1.165, 1.54) is 6.07 Å². The molecule has 1 aliphatic carbocycles. The highest BCUT2D eigenvalue weighted by Crippen LogP contribution is 2.49. The minimum Gasteiger partial charge on any atom is -0.392 e. The fraction of sp³-hybridized carbons (Fsp3) is 0.611. The summed E-state index contributed by atoms with van der Waals surface area (Å²) in [5.41, 5.74) is 0.676. The summed E-state index contributed by atoms with van der Waals surface area (Å²) in [5, 5.41) is 9.71. The molecule has 0 unspecified atom stereocenters. The Morgan fingerprint density at radius 1 is 1.30 bits per heavy atom. The zero-order valence-corrected chi connectivity index (χ0v) is 13.6. The average Bonchev–Trinajstić information content (AvgIpc) is 3.35. The zero-order valence-electron chi connectivity index (χ0n) is 13.6. The standard InChI is InChI=1S/C18H25FN2O2/c1-2-13(22)12-20-7-9-21(10-8-20)18(23)16-11-15(16)14-5-3-4-6-17(14)19/h3-6,13,15-16,22H,2,7-12H2,1H3/t13-,15+,16+/m0/s1. The molecule has 0 radical (unpaired) electrons. The summed E-state index contributed by atoms with van der Waals surface area (Å²) in [7, 11) is 0. The number of halogens is 1. The van der Waals surface area contributed by atoms with Crippen LogP contribution < -0.4 is 0 Å². The maximum absolute atomic E-state index is 13.8. The number of hydrogen-bond acceptors (Lipinski definition) is 3. The van der Waals surface area contributed by atoms with Crippen LogP contribution in [0.1, 0.15) is 31.2 Å². The molecule has 0 bridgehead atoms. The highest BCUT2D eigenvalue weighted by atomic mass is 19.1. The third-order valence-electron chi connectivity index (χ3n) is 5.04. The Morgan fingerprint density at radius 3 is 2.65 bits per heavy atom. The molecule has 126 valence electrons. The van der Waals surface area contributed by atoms with Gasteiger partial charge in [0.1, 0.15) is 5.82 Å². The summed E-state index contributed by atoms with van der Waals surface area (Å²) in [4.78, 5) is 16.7. The van der Waals surface area contributed by atoms with Gasteiger partial charge in [-0.3, -0.25) is 9.69 Å². The van der Waals surface area contributed by atoms with Crippen molar-refractivity contribution in [1.82, 2.24) is 9.80 Å². The molecule has 1 aromatic carbocycles. The maximum atomic E-state index is 13.8. The predicted molar refractivity (Wildman–Crippen MR) is 86.6 cm³/mol. The molecule has 3 atom stereocenters. The van der Waals surface area contributed by atoms with Gasteiger partial charge in [-0.25, -0.2) is 4.39 Å². The fourth-order valence-corrected chi connectivity index (χ4v) is 3.40. The van der Waals surface area contributed by atoms with Crippen molar-refractivity contribution in [1.29, 1.82) is 0 Å². The van der Waals surface area contributed by atoms with Crippen LogP contribution in [0.2, 0.25) is 0 Å². The van der Waals surface area contributed by atoms with Crippen molar-refractivity contribution in [3.05, 3.63) is 35.6 Å². The van der Waals surface area contributed by atoms with Gasteiger partial charge in [-0.05, 0) is 30.4 Å². The topological polar surface area (TPSA) is 43.8 Å². The number of nitrogens with zero attached hydrogens (tertiary/aromatic N) is 2. The van der Waals surface area contributed by atoms with Crippen molar-refractivity contribution < 1.29 is 14.3 Å². The quantitative estimate of drug-likeness (QED) is 0.900. The first-order valence-electron chi connectivity index (χ1n) is 8.53. The molecule has 1 aliphatic heterocycles. The molecular weight excluding hydrogens is 295 g/mol. The van der Waals surface area contributed by atoms with Gasteiger partial charge in [0.15, 0.2) is 0 Å². The van der Waals surface area contributed by atoms with Gasteiger partial charge in [-0.2, -0.15) is 0 Å². The zero-order chi connectivity index (χ0) is 16.4. The van der Waals surface area contributed by atoms with E-state index in [-0.39, 0.29) is 29.7 Å². The van der Waals surface area contributed by atoms with Gasteiger partial charge in [0.2, 0.25) is 5.91 Å². The summed E-state index contributed by atoms with van der Waals surface area (Å²) >= 11 is 0. The summed E-state index contributed by atoms with van der Waals surface area (Å²) in [5.74, 6) is -0.0524. The molecule has 23 heavy (non-hydrogen) atoms. The van der Waals surface area contributed by atoms with E-state index in [2.05, 4.69) is 4.90 Å². The van der Waals surface area contributed by atoms with Crippen LogP contribution in [0.3, 0.4) is 0 Å². The average molecular weight is 320 g/mol. The van der Waals surface area contributed by atoms with E-state index in [1.807, 2.05) is 17.9 Å². The first kappa shape index (κ1) is 16.4. The van der Waals surface area contributed by atoms with E-state index in [9.17, 15) is 14.3 Å². The fourth-order valence-electron chi connectivity index (χ4n) is 3.40. The molecule has 1 N–H and O–H groups in total. The van der Waals surface area contributed by atoms with E-state index >= 15 is 0 Å². The predicted octanol–water partition coefficient (Wildman–Crippen LogP) is 1.84. The molecule has 1 saturated heterocycles. The molecule has 3 rings (SSSR count). The van der Waals surface area contributed by atoms with E-state index < -0.39 is 0 Å². The van der Waals surface area contributed by atoms with Crippen LogP contribution in [0.4, 0.5) is 4.39 Å². The van der Waals surface area contributed by atoms with Gasteiger partial charge < -0.3 is 10.0 Å². The minimum atomic E-state index is -0.286. The van der Waals surface area contributed by atoms with Crippen molar-refractivity contribution in [2.45, 2.75) is 31.8 Å². The van der Waals surface area contributed by atoms with Crippen molar-refractivity contribution >= 4 is 5.91 Å². The normalized spacial score (nSPS) is 26.1. The molecule has 1 amide bonds. The number of amides is 1. The number of hydrogen-bond donors (Lipinski definition) is 1. The van der Waals surface area contributed by atoms with Crippen LogP contribution >= 0.6 is 0 Å². The maximum Gasteiger partial charge on any atom is 0.226 e. The third kappa shape index (κ3) is 3.72. The Kier molecular flexibility index (Phi) is 4.97. The number of piperazine rings is 1. The van der Waals surface area contributed by atoms with E-state index in [1.54, 1.807) is 12.1 Å². The number of carbonyl (C=O) groups is 1. The highest BCUT2D eigenvalue weighted by Gasteiger charge is 2.47. The second-order valence-electron chi connectivity index (χ2n) is 6.66. The Hall–Kier alpha value is -1.46. The van der Waals surface area contributed by atoms with Crippen LogP contribution in [-0.4, -0.2) is 59.6 Å². The second-order valence-corrected chi connectivity index (χ2v) is 6.66. The number of benzene rings is 1. The largest absolute Gasteiger partial charge is 0.392 e. The van der Waals surface area contributed by atoms with Crippen molar-refractivity contribution in [3.8, 4) is 0 Å². The van der Waals surface area contributed by atoms with Crippen LogP contribution in [0.15, 0.2) is 24.3 Å². The molecule has 4 nitrogen and oxygen atoms in total. The lowest BCUT2D eigenvalue weighted by Gasteiger charge is -2.35. The molecule has 0 spiro atoms. The van der Waals surface area contributed by atoms with Crippen molar-refractivity contribution in [3.63, 3.8) is 0 Å². The number of β-amino-alcohol motifs (C(OH)–C–C–N with tert-alkyl or cyclic N) is 1. The number of carbonyl (C=O) groups excluding carboxylic acids is 1. The first-order valence-corrected chi connectivity index (χ1v) is 8.53. The summed E-state index contributed by atoms with van der Waals surface area (Å²) in [6, 6.07) is 6.77. The van der Waals surface area contributed by atoms with Crippen LogP contribution in [0, 0.1) is 11.7 Å². The molecule has 2 aliphatic rings.